The highest BCUT2D eigenvalue weighted by Crippen LogP contribution is 2.36. The standard InChI is InChI=1S/C22H20O6/c23-21(15-7-3-1-4-8-15)25-13-17-18(20-12-11-19(17)27-28-20)14-26-22(24)16-9-5-2-6-10-16/h1-12,17-20H,13-14H2/t17-,18+,19-,20+. The first kappa shape index (κ1) is 18.4. The molecule has 2 aliphatic heterocycles. The van der Waals surface area contributed by atoms with Gasteiger partial charge in [-0.15, -0.1) is 0 Å². The van der Waals surface area contributed by atoms with Gasteiger partial charge in [0, 0.05) is 11.8 Å². The average Bonchev–Trinajstić information content (AvgIpc) is 2.78. The van der Waals surface area contributed by atoms with Crippen molar-refractivity contribution in [3.05, 3.63) is 83.9 Å². The largest absolute Gasteiger partial charge is 0.462 e. The van der Waals surface area contributed by atoms with Crippen molar-refractivity contribution in [2.45, 2.75) is 12.2 Å². The molecule has 0 saturated carbocycles. The molecule has 5 rings (SSSR count). The van der Waals surface area contributed by atoms with Gasteiger partial charge in [0.25, 0.3) is 0 Å². The highest BCUT2D eigenvalue weighted by Gasteiger charge is 2.44. The Hall–Kier alpha value is -2.96. The van der Waals surface area contributed by atoms with E-state index in [2.05, 4.69) is 0 Å². The smallest absolute Gasteiger partial charge is 0.338 e. The monoisotopic (exact) mass is 380 g/mol. The zero-order valence-corrected chi connectivity index (χ0v) is 15.1. The molecule has 0 unspecified atom stereocenters. The molecule has 6 nitrogen and oxygen atoms in total. The Morgan fingerprint density at radius 1 is 0.679 bits per heavy atom. The topological polar surface area (TPSA) is 71.1 Å². The number of fused-ring (bicyclic) bond motifs is 2. The van der Waals surface area contributed by atoms with Gasteiger partial charge in [0.1, 0.15) is 12.2 Å². The third-order valence-electron chi connectivity index (χ3n) is 4.99. The number of hydrogen-bond donors (Lipinski definition) is 0. The van der Waals surface area contributed by atoms with Crippen molar-refractivity contribution in [1.82, 2.24) is 0 Å². The lowest BCUT2D eigenvalue weighted by Crippen LogP contribution is -2.50. The van der Waals surface area contributed by atoms with Crippen molar-refractivity contribution >= 4 is 11.9 Å². The lowest BCUT2D eigenvalue weighted by atomic mass is 9.79. The van der Waals surface area contributed by atoms with Crippen molar-refractivity contribution in [2.75, 3.05) is 13.2 Å². The van der Waals surface area contributed by atoms with Gasteiger partial charge in [-0.05, 0) is 24.3 Å². The van der Waals surface area contributed by atoms with Crippen LogP contribution < -0.4 is 0 Å². The summed E-state index contributed by atoms with van der Waals surface area (Å²) in [5.74, 6) is -1.13. The third kappa shape index (κ3) is 3.98. The highest BCUT2D eigenvalue weighted by molar-refractivity contribution is 5.89. The predicted molar refractivity (Wildman–Crippen MR) is 99.3 cm³/mol. The summed E-state index contributed by atoms with van der Waals surface area (Å²) in [6.07, 6.45) is 3.08. The van der Waals surface area contributed by atoms with Gasteiger partial charge in [-0.25, -0.2) is 19.4 Å². The molecule has 2 heterocycles. The molecule has 0 spiro atoms. The van der Waals surface area contributed by atoms with E-state index >= 15 is 0 Å². The van der Waals surface area contributed by atoms with E-state index in [0.717, 1.165) is 0 Å². The fraction of sp³-hybridized carbons (Fsp3) is 0.273. The maximum atomic E-state index is 12.3. The van der Waals surface area contributed by atoms with Gasteiger partial charge in [0.05, 0.1) is 24.3 Å². The molecule has 1 saturated heterocycles. The van der Waals surface area contributed by atoms with E-state index in [4.69, 9.17) is 19.2 Å². The molecule has 0 N–H and O–H groups in total. The van der Waals surface area contributed by atoms with Crippen molar-refractivity contribution in [3.63, 3.8) is 0 Å². The van der Waals surface area contributed by atoms with E-state index in [0.29, 0.717) is 11.1 Å². The summed E-state index contributed by atoms with van der Waals surface area (Å²) in [6.45, 7) is 0.298. The Kier molecular flexibility index (Phi) is 5.50. The summed E-state index contributed by atoms with van der Waals surface area (Å²) < 4.78 is 11.0. The molecule has 0 radical (unpaired) electrons. The molecule has 3 aliphatic rings. The lowest BCUT2D eigenvalue weighted by Gasteiger charge is -2.42. The Morgan fingerprint density at radius 2 is 1.07 bits per heavy atom. The van der Waals surface area contributed by atoms with Gasteiger partial charge in [0.2, 0.25) is 0 Å². The van der Waals surface area contributed by atoms with Crippen LogP contribution in [0.15, 0.2) is 72.8 Å². The fourth-order valence-electron chi connectivity index (χ4n) is 3.42. The molecule has 6 heteroatoms. The molecule has 144 valence electrons. The zero-order chi connectivity index (χ0) is 19.3. The van der Waals surface area contributed by atoms with Gasteiger partial charge in [-0.1, -0.05) is 48.6 Å². The SMILES string of the molecule is O=C(OC[C@@H]1[C@H](COC(=O)c2ccccc2)[C@@H]2C=C[C@H]1OO2)c1ccccc1. The Bertz CT molecular complexity index is 776. The van der Waals surface area contributed by atoms with Crippen LogP contribution in [0.3, 0.4) is 0 Å². The van der Waals surface area contributed by atoms with Gasteiger partial charge < -0.3 is 9.47 Å². The van der Waals surface area contributed by atoms with E-state index < -0.39 is 11.9 Å². The second-order valence-corrected chi connectivity index (χ2v) is 6.76. The molecule has 2 aromatic rings. The molecule has 2 aromatic carbocycles. The van der Waals surface area contributed by atoms with E-state index in [1.54, 1.807) is 48.5 Å². The number of hydrogen-bond acceptors (Lipinski definition) is 6. The minimum Gasteiger partial charge on any atom is -0.462 e. The quantitative estimate of drug-likeness (QED) is 0.435. The highest BCUT2D eigenvalue weighted by atomic mass is 17.2. The van der Waals surface area contributed by atoms with Crippen LogP contribution in [0.25, 0.3) is 0 Å². The number of esters is 2. The van der Waals surface area contributed by atoms with E-state index in [9.17, 15) is 9.59 Å². The van der Waals surface area contributed by atoms with Crippen LogP contribution in [0.5, 0.6) is 0 Å². The number of benzene rings is 2. The molecular formula is C22H20O6. The number of carbonyl (C=O) groups excluding carboxylic acids is 2. The van der Waals surface area contributed by atoms with E-state index in [-0.39, 0.29) is 37.3 Å². The summed E-state index contributed by atoms with van der Waals surface area (Å²) in [5.41, 5.74) is 0.978. The number of ether oxygens (including phenoxy) is 2. The van der Waals surface area contributed by atoms with Crippen LogP contribution in [0.4, 0.5) is 0 Å². The second kappa shape index (κ2) is 8.37. The molecule has 28 heavy (non-hydrogen) atoms. The van der Waals surface area contributed by atoms with Crippen molar-refractivity contribution in [2.24, 2.45) is 11.8 Å². The van der Waals surface area contributed by atoms with E-state index in [1.165, 1.54) is 0 Å². The van der Waals surface area contributed by atoms with Crippen LogP contribution in [0, 0.1) is 11.8 Å². The zero-order valence-electron chi connectivity index (χ0n) is 15.1. The molecule has 0 amide bonds. The Labute approximate surface area is 162 Å². The van der Waals surface area contributed by atoms with Gasteiger partial charge in [-0.3, -0.25) is 0 Å². The number of rotatable bonds is 6. The van der Waals surface area contributed by atoms with Crippen molar-refractivity contribution in [3.8, 4) is 0 Å². The van der Waals surface area contributed by atoms with Crippen LogP contribution in [-0.2, 0) is 19.2 Å². The maximum Gasteiger partial charge on any atom is 0.338 e. The van der Waals surface area contributed by atoms with Crippen LogP contribution in [0.2, 0.25) is 0 Å². The molecular weight excluding hydrogens is 360 g/mol. The van der Waals surface area contributed by atoms with Crippen LogP contribution in [-0.4, -0.2) is 37.4 Å². The molecule has 1 fully saturated rings. The first-order chi connectivity index (χ1) is 13.7. The summed E-state index contributed by atoms with van der Waals surface area (Å²) in [4.78, 5) is 35.2. The molecule has 1 aliphatic carbocycles. The first-order valence-electron chi connectivity index (χ1n) is 9.17. The number of carbonyl (C=O) groups is 2. The normalized spacial score (nSPS) is 25.3. The summed E-state index contributed by atoms with van der Waals surface area (Å²) in [5, 5.41) is 0. The van der Waals surface area contributed by atoms with Crippen molar-refractivity contribution in [1.29, 1.82) is 0 Å². The summed E-state index contributed by atoms with van der Waals surface area (Å²) in [7, 11) is 0. The summed E-state index contributed by atoms with van der Waals surface area (Å²) in [6, 6.07) is 17.6. The minimum absolute atomic E-state index is 0.149. The van der Waals surface area contributed by atoms with Crippen LogP contribution >= 0.6 is 0 Å². The minimum atomic E-state index is -0.396. The van der Waals surface area contributed by atoms with Crippen molar-refractivity contribution < 1.29 is 28.8 Å². The summed E-state index contributed by atoms with van der Waals surface area (Å²) >= 11 is 0. The fourth-order valence-corrected chi connectivity index (χ4v) is 3.42. The predicted octanol–water partition coefficient (Wildman–Crippen LogP) is 3.20. The molecule has 0 aromatic heterocycles. The molecule has 4 atom stereocenters. The lowest BCUT2D eigenvalue weighted by molar-refractivity contribution is -0.391. The van der Waals surface area contributed by atoms with Gasteiger partial charge >= 0.3 is 11.9 Å². The molecule has 2 bridgehead atoms. The second-order valence-electron chi connectivity index (χ2n) is 6.76. The average molecular weight is 380 g/mol. The first-order valence-corrected chi connectivity index (χ1v) is 9.17. The van der Waals surface area contributed by atoms with E-state index in [1.807, 2.05) is 24.3 Å². The van der Waals surface area contributed by atoms with Crippen LogP contribution in [0.1, 0.15) is 20.7 Å². The Balaban J connectivity index is 1.39. The Morgan fingerprint density at radius 3 is 1.43 bits per heavy atom. The third-order valence-corrected chi connectivity index (χ3v) is 4.99. The van der Waals surface area contributed by atoms with Gasteiger partial charge in [0.15, 0.2) is 0 Å². The van der Waals surface area contributed by atoms with Gasteiger partial charge in [-0.2, -0.15) is 0 Å². The maximum absolute atomic E-state index is 12.3.